The first-order valence-electron chi connectivity index (χ1n) is 29.3. The van der Waals surface area contributed by atoms with Crippen molar-refractivity contribution in [2.24, 2.45) is 0 Å². The molecule has 0 aliphatic carbocycles. The van der Waals surface area contributed by atoms with Crippen LogP contribution in [0.3, 0.4) is 0 Å². The van der Waals surface area contributed by atoms with Gasteiger partial charge in [0.25, 0.3) is 0 Å². The molecule has 0 bridgehead atoms. The van der Waals surface area contributed by atoms with Gasteiger partial charge in [0.15, 0.2) is 0 Å². The smallest absolute Gasteiger partial charge is 0.410 e. The van der Waals surface area contributed by atoms with Crippen molar-refractivity contribution < 1.29 is 33.3 Å². The molecular formula is C58H114N2O7. The monoisotopic (exact) mass is 951 g/mol. The van der Waals surface area contributed by atoms with E-state index in [2.05, 4.69) is 53.6 Å². The third-order valence-corrected chi connectivity index (χ3v) is 13.3. The van der Waals surface area contributed by atoms with Crippen molar-refractivity contribution in [3.63, 3.8) is 0 Å². The van der Waals surface area contributed by atoms with Crippen LogP contribution >= 0.6 is 0 Å². The van der Waals surface area contributed by atoms with Gasteiger partial charge < -0.3 is 28.7 Å². The topological polar surface area (TPSA) is 94.6 Å². The SMILES string of the molecule is CCCCCCC(CCCCCC)OC(=O)CCCCCCCCC(CCCCCCCCC(=O)OC(CCCCCC)CCCCCC)OC(=O)N(CCCOCCCC)CCCN(C)C. The van der Waals surface area contributed by atoms with Crippen LogP contribution in [-0.4, -0.2) is 93.1 Å². The van der Waals surface area contributed by atoms with Gasteiger partial charge in [-0.05, 0) is 130 Å². The number of nitrogens with zero attached hydrogens (tertiary/aromatic N) is 2. The maximum absolute atomic E-state index is 13.7. The number of amides is 1. The molecule has 0 atom stereocenters. The highest BCUT2D eigenvalue weighted by atomic mass is 16.6. The van der Waals surface area contributed by atoms with Crippen LogP contribution < -0.4 is 0 Å². The third-order valence-electron chi connectivity index (χ3n) is 13.3. The van der Waals surface area contributed by atoms with Gasteiger partial charge in [-0.1, -0.05) is 169 Å². The van der Waals surface area contributed by atoms with E-state index in [-0.39, 0.29) is 36.3 Å². The zero-order chi connectivity index (χ0) is 49.3. The highest BCUT2D eigenvalue weighted by Gasteiger charge is 2.21. The van der Waals surface area contributed by atoms with E-state index >= 15 is 0 Å². The van der Waals surface area contributed by atoms with Gasteiger partial charge in [-0.2, -0.15) is 0 Å². The van der Waals surface area contributed by atoms with Crippen LogP contribution in [0.15, 0.2) is 0 Å². The van der Waals surface area contributed by atoms with Crippen LogP contribution in [0.25, 0.3) is 0 Å². The van der Waals surface area contributed by atoms with Crippen LogP contribution in [0, 0.1) is 0 Å². The van der Waals surface area contributed by atoms with Crippen LogP contribution in [0.4, 0.5) is 4.79 Å². The number of carbonyl (C=O) groups is 3. The summed E-state index contributed by atoms with van der Waals surface area (Å²) in [5.74, 6) is -0.0177. The van der Waals surface area contributed by atoms with E-state index in [4.69, 9.17) is 18.9 Å². The fourth-order valence-corrected chi connectivity index (χ4v) is 8.96. The molecule has 0 rings (SSSR count). The van der Waals surface area contributed by atoms with Crippen LogP contribution in [0.5, 0.6) is 0 Å². The number of carbonyl (C=O) groups excluding carboxylic acids is 3. The van der Waals surface area contributed by atoms with Crippen LogP contribution in [-0.2, 0) is 28.5 Å². The zero-order valence-electron chi connectivity index (χ0n) is 45.8. The molecule has 0 N–H and O–H groups in total. The third kappa shape index (κ3) is 45.0. The lowest BCUT2D eigenvalue weighted by molar-refractivity contribution is -0.151. The minimum Gasteiger partial charge on any atom is -0.462 e. The normalized spacial score (nSPS) is 11.7. The van der Waals surface area contributed by atoms with Crippen molar-refractivity contribution in [2.75, 3.05) is 46.9 Å². The van der Waals surface area contributed by atoms with Crippen LogP contribution in [0.1, 0.15) is 291 Å². The second-order valence-corrected chi connectivity index (χ2v) is 20.4. The lowest BCUT2D eigenvalue weighted by Crippen LogP contribution is -2.37. The first-order chi connectivity index (χ1) is 32.7. The summed E-state index contributed by atoms with van der Waals surface area (Å²) >= 11 is 0. The molecule has 0 heterocycles. The van der Waals surface area contributed by atoms with Crippen molar-refractivity contribution in [2.45, 2.75) is 310 Å². The van der Waals surface area contributed by atoms with Gasteiger partial charge in [0.2, 0.25) is 0 Å². The molecule has 0 unspecified atom stereocenters. The maximum atomic E-state index is 13.7. The van der Waals surface area contributed by atoms with Crippen molar-refractivity contribution in [3.8, 4) is 0 Å². The minimum atomic E-state index is -0.176. The van der Waals surface area contributed by atoms with Gasteiger partial charge in [-0.3, -0.25) is 9.59 Å². The van der Waals surface area contributed by atoms with E-state index in [1.54, 1.807) is 0 Å². The Hall–Kier alpha value is -1.87. The van der Waals surface area contributed by atoms with E-state index in [1.807, 2.05) is 4.90 Å². The Kier molecular flexibility index (Phi) is 49.1. The van der Waals surface area contributed by atoms with Gasteiger partial charge in [-0.15, -0.1) is 0 Å². The summed E-state index contributed by atoms with van der Waals surface area (Å²) < 4.78 is 24.2. The second-order valence-electron chi connectivity index (χ2n) is 20.4. The number of hydrogen-bond acceptors (Lipinski definition) is 8. The summed E-state index contributed by atoms with van der Waals surface area (Å²) in [6, 6.07) is 0. The molecule has 0 aliphatic rings. The number of unbranched alkanes of at least 4 members (excludes halogenated alkanes) is 23. The van der Waals surface area contributed by atoms with E-state index < -0.39 is 0 Å². The molecular weight excluding hydrogens is 837 g/mol. The molecule has 0 radical (unpaired) electrons. The quantitative estimate of drug-likeness (QED) is 0.0338. The molecule has 0 fully saturated rings. The van der Waals surface area contributed by atoms with Gasteiger partial charge in [0.1, 0.15) is 18.3 Å². The second kappa shape index (κ2) is 50.5. The fourth-order valence-electron chi connectivity index (χ4n) is 8.96. The lowest BCUT2D eigenvalue weighted by Gasteiger charge is -2.26. The average Bonchev–Trinajstić information content (AvgIpc) is 3.31. The summed E-state index contributed by atoms with van der Waals surface area (Å²) in [5, 5.41) is 0. The number of rotatable bonds is 52. The summed E-state index contributed by atoms with van der Waals surface area (Å²) in [7, 11) is 4.15. The van der Waals surface area contributed by atoms with Gasteiger partial charge in [0.05, 0.1) is 0 Å². The standard InChI is InChI=1S/C58H114N2O7/c1-8-13-18-30-40-53(41-31-19-14-9-2)65-56(61)46-36-28-24-22-26-34-44-55(67-58(63)60(49-38-48-59(6)7)50-39-52-64-51-17-12-5)45-35-27-23-25-29-37-47-57(62)66-54(42-32-20-15-10-3)43-33-21-16-11-4/h53-55H,8-52H2,1-7H3. The lowest BCUT2D eigenvalue weighted by atomic mass is 10.0. The summed E-state index contributed by atoms with van der Waals surface area (Å²) in [5.41, 5.74) is 0. The van der Waals surface area contributed by atoms with E-state index in [0.717, 1.165) is 180 Å². The molecule has 0 saturated heterocycles. The van der Waals surface area contributed by atoms with Gasteiger partial charge in [0, 0.05) is 39.1 Å². The first-order valence-corrected chi connectivity index (χ1v) is 29.3. The number of ether oxygens (including phenoxy) is 4. The van der Waals surface area contributed by atoms with E-state index in [1.165, 1.54) is 77.0 Å². The molecule has 0 aromatic heterocycles. The molecule has 398 valence electrons. The Morgan fingerprint density at radius 2 is 0.657 bits per heavy atom. The summed E-state index contributed by atoms with van der Waals surface area (Å²) in [6.45, 7) is 14.9. The Balaban J connectivity index is 5.02. The molecule has 0 aromatic rings. The Bertz CT molecular complexity index is 992. The molecule has 1 amide bonds. The molecule has 0 saturated carbocycles. The maximum Gasteiger partial charge on any atom is 0.410 e. The number of esters is 2. The number of hydrogen-bond donors (Lipinski definition) is 0. The largest absolute Gasteiger partial charge is 0.462 e. The molecule has 67 heavy (non-hydrogen) atoms. The molecule has 0 aromatic carbocycles. The minimum absolute atomic E-state index is 0.00887. The predicted molar refractivity (Wildman–Crippen MR) is 284 cm³/mol. The fraction of sp³-hybridized carbons (Fsp3) is 0.948. The zero-order valence-corrected chi connectivity index (χ0v) is 45.8. The highest BCUT2D eigenvalue weighted by molar-refractivity contribution is 5.70. The molecule has 0 aliphatic heterocycles. The molecule has 9 heteroatoms. The Labute approximate surface area is 416 Å². The van der Waals surface area contributed by atoms with Gasteiger partial charge >= 0.3 is 18.0 Å². The highest BCUT2D eigenvalue weighted by Crippen LogP contribution is 2.21. The van der Waals surface area contributed by atoms with E-state index in [0.29, 0.717) is 32.5 Å². The Morgan fingerprint density at radius 1 is 0.343 bits per heavy atom. The first kappa shape index (κ1) is 65.1. The Morgan fingerprint density at radius 3 is 1.03 bits per heavy atom. The van der Waals surface area contributed by atoms with E-state index in [9.17, 15) is 14.4 Å². The van der Waals surface area contributed by atoms with Crippen molar-refractivity contribution >= 4 is 18.0 Å². The molecule has 9 nitrogen and oxygen atoms in total. The van der Waals surface area contributed by atoms with Gasteiger partial charge in [-0.25, -0.2) is 4.79 Å². The summed E-state index contributed by atoms with van der Waals surface area (Å²) in [4.78, 5) is 43.4. The van der Waals surface area contributed by atoms with Crippen molar-refractivity contribution in [1.82, 2.24) is 9.80 Å². The van der Waals surface area contributed by atoms with Crippen LogP contribution in [0.2, 0.25) is 0 Å². The summed E-state index contributed by atoms with van der Waals surface area (Å²) in [6.07, 6.45) is 42.9. The van der Waals surface area contributed by atoms with Crippen molar-refractivity contribution in [1.29, 1.82) is 0 Å². The molecule has 0 spiro atoms. The predicted octanol–water partition coefficient (Wildman–Crippen LogP) is 16.9. The average molecular weight is 952 g/mol. The van der Waals surface area contributed by atoms with Crippen molar-refractivity contribution in [3.05, 3.63) is 0 Å².